The molecule has 1 aliphatic rings. The van der Waals surface area contributed by atoms with Gasteiger partial charge in [-0.1, -0.05) is 6.07 Å². The molecule has 0 saturated carbocycles. The molecule has 2 rings (SSSR count). The number of nitrogens with two attached hydrogens (primary N) is 1. The van der Waals surface area contributed by atoms with Gasteiger partial charge in [0.1, 0.15) is 6.04 Å². The number of ether oxygens (including phenoxy) is 3. The lowest BCUT2D eigenvalue weighted by Gasteiger charge is -2.08. The van der Waals surface area contributed by atoms with E-state index in [0.29, 0.717) is 18.1 Å². The second-order valence-electron chi connectivity index (χ2n) is 3.91. The highest BCUT2D eigenvalue weighted by atomic mass is 16.9. The van der Waals surface area contributed by atoms with E-state index in [1.54, 1.807) is 18.2 Å². The molecule has 0 bridgehead atoms. The van der Waals surface area contributed by atoms with Crippen LogP contribution >= 0.6 is 0 Å². The van der Waals surface area contributed by atoms with Gasteiger partial charge in [0.05, 0.1) is 6.61 Å². The van der Waals surface area contributed by atoms with Crippen molar-refractivity contribution < 1.29 is 24.1 Å². The van der Waals surface area contributed by atoms with Gasteiger partial charge in [-0.25, -0.2) is 0 Å². The summed E-state index contributed by atoms with van der Waals surface area (Å²) in [7, 11) is 0. The van der Waals surface area contributed by atoms with Crippen molar-refractivity contribution >= 4 is 5.97 Å². The minimum absolute atomic E-state index is 0.241. The van der Waals surface area contributed by atoms with Crippen LogP contribution in [0.4, 0.5) is 0 Å². The monoisotopic (exact) mass is 253 g/mol. The van der Waals surface area contributed by atoms with Gasteiger partial charge in [0.15, 0.2) is 11.5 Å². The molecule has 3 N–H and O–H groups in total. The first-order valence-corrected chi connectivity index (χ1v) is 5.66. The van der Waals surface area contributed by atoms with Gasteiger partial charge < -0.3 is 25.1 Å². The molecule has 1 aromatic carbocycles. The summed E-state index contributed by atoms with van der Waals surface area (Å²) in [5, 5.41) is 8.75. The minimum Gasteiger partial charge on any atom is -0.480 e. The smallest absolute Gasteiger partial charge is 0.361 e. The standard InChI is InChI=1S/C12H15NO5/c1-2-16-12-17-9-4-3-7(6-10(9)18-12)5-8(13)11(14)15/h3-4,6,8,12H,2,5,13H2,1H3,(H,14,15)/t8-,12?/m0/s1. The first-order chi connectivity index (χ1) is 8.60. The van der Waals surface area contributed by atoms with Crippen molar-refractivity contribution in [2.75, 3.05) is 6.61 Å². The van der Waals surface area contributed by atoms with Crippen LogP contribution in [0.1, 0.15) is 12.5 Å². The number of hydrogen-bond acceptors (Lipinski definition) is 5. The summed E-state index contributed by atoms with van der Waals surface area (Å²) >= 11 is 0. The predicted molar refractivity (Wildman–Crippen MR) is 62.4 cm³/mol. The molecule has 0 spiro atoms. The molecular formula is C12H15NO5. The number of benzene rings is 1. The van der Waals surface area contributed by atoms with Crippen LogP contribution in [0.5, 0.6) is 11.5 Å². The Morgan fingerprint density at radius 1 is 1.50 bits per heavy atom. The molecule has 0 fully saturated rings. The Morgan fingerprint density at radius 3 is 2.89 bits per heavy atom. The highest BCUT2D eigenvalue weighted by Gasteiger charge is 2.25. The van der Waals surface area contributed by atoms with Crippen molar-refractivity contribution in [3.63, 3.8) is 0 Å². The Bertz CT molecular complexity index is 448. The van der Waals surface area contributed by atoms with Gasteiger partial charge in [-0.15, -0.1) is 0 Å². The van der Waals surface area contributed by atoms with E-state index in [2.05, 4.69) is 0 Å². The maximum Gasteiger partial charge on any atom is 0.361 e. The first-order valence-electron chi connectivity index (χ1n) is 5.66. The van der Waals surface area contributed by atoms with Crippen molar-refractivity contribution in [3.8, 4) is 11.5 Å². The molecule has 1 aliphatic heterocycles. The Labute approximate surface area is 104 Å². The zero-order valence-corrected chi connectivity index (χ0v) is 9.96. The fourth-order valence-electron chi connectivity index (χ4n) is 1.65. The lowest BCUT2D eigenvalue weighted by Crippen LogP contribution is -2.32. The summed E-state index contributed by atoms with van der Waals surface area (Å²) in [5.74, 6) is 0.101. The molecule has 0 saturated heterocycles. The maximum absolute atomic E-state index is 10.7. The summed E-state index contributed by atoms with van der Waals surface area (Å²) in [4.78, 5) is 10.7. The molecule has 6 heteroatoms. The molecule has 1 unspecified atom stereocenters. The quantitative estimate of drug-likeness (QED) is 0.804. The van der Waals surface area contributed by atoms with Gasteiger partial charge in [-0.05, 0) is 31.0 Å². The number of carboxylic acid groups (broad SMARTS) is 1. The lowest BCUT2D eigenvalue weighted by atomic mass is 10.1. The highest BCUT2D eigenvalue weighted by molar-refractivity contribution is 5.73. The van der Waals surface area contributed by atoms with Gasteiger partial charge in [0.25, 0.3) is 0 Å². The molecule has 2 atom stereocenters. The van der Waals surface area contributed by atoms with Crippen molar-refractivity contribution in [1.82, 2.24) is 0 Å². The van der Waals surface area contributed by atoms with Crippen molar-refractivity contribution in [3.05, 3.63) is 23.8 Å². The number of fused-ring (bicyclic) bond motifs is 1. The zero-order chi connectivity index (χ0) is 13.1. The zero-order valence-electron chi connectivity index (χ0n) is 9.96. The number of aliphatic carboxylic acids is 1. The van der Waals surface area contributed by atoms with Crippen molar-refractivity contribution in [1.29, 1.82) is 0 Å². The molecule has 18 heavy (non-hydrogen) atoms. The highest BCUT2D eigenvalue weighted by Crippen LogP contribution is 2.35. The summed E-state index contributed by atoms with van der Waals surface area (Å²) in [6.45, 7) is 1.59. The number of rotatable bonds is 5. The number of hydrogen-bond donors (Lipinski definition) is 2. The van der Waals surface area contributed by atoms with E-state index in [9.17, 15) is 4.79 Å². The van der Waals surface area contributed by atoms with Crippen LogP contribution in [0.2, 0.25) is 0 Å². The van der Waals surface area contributed by atoms with Gasteiger partial charge in [0.2, 0.25) is 0 Å². The number of carboxylic acids is 1. The average Bonchev–Trinajstić information content (AvgIpc) is 2.71. The molecule has 0 radical (unpaired) electrons. The molecule has 1 aromatic rings. The summed E-state index contributed by atoms with van der Waals surface area (Å²) in [6.07, 6.45) is 0.241. The van der Waals surface area contributed by atoms with E-state index >= 15 is 0 Å². The lowest BCUT2D eigenvalue weighted by molar-refractivity contribution is -0.173. The molecule has 0 aliphatic carbocycles. The Morgan fingerprint density at radius 2 is 2.22 bits per heavy atom. The van der Waals surface area contributed by atoms with E-state index in [1.165, 1.54) is 0 Å². The van der Waals surface area contributed by atoms with Crippen LogP contribution in [0, 0.1) is 0 Å². The van der Waals surface area contributed by atoms with Crippen LogP contribution in [0.25, 0.3) is 0 Å². The Hall–Kier alpha value is -1.79. The van der Waals surface area contributed by atoms with Crippen LogP contribution in [0.15, 0.2) is 18.2 Å². The van der Waals surface area contributed by atoms with E-state index in [4.69, 9.17) is 25.1 Å². The van der Waals surface area contributed by atoms with Crippen LogP contribution in [-0.4, -0.2) is 30.2 Å². The van der Waals surface area contributed by atoms with E-state index < -0.39 is 18.5 Å². The van der Waals surface area contributed by atoms with Gasteiger partial charge >= 0.3 is 12.4 Å². The van der Waals surface area contributed by atoms with Gasteiger partial charge in [-0.2, -0.15) is 0 Å². The first kappa shape index (κ1) is 12.7. The largest absolute Gasteiger partial charge is 0.480 e. The molecule has 98 valence electrons. The molecule has 6 nitrogen and oxygen atoms in total. The second kappa shape index (κ2) is 5.24. The number of carbonyl (C=O) groups is 1. The predicted octanol–water partition coefficient (Wildman–Crippen LogP) is 0.732. The van der Waals surface area contributed by atoms with Crippen molar-refractivity contribution in [2.24, 2.45) is 5.73 Å². The third-order valence-electron chi connectivity index (χ3n) is 2.53. The molecule has 0 amide bonds. The van der Waals surface area contributed by atoms with E-state index in [0.717, 1.165) is 5.56 Å². The SMILES string of the molecule is CCOC1Oc2ccc(C[C@H](N)C(=O)O)cc2O1. The minimum atomic E-state index is -1.03. The maximum atomic E-state index is 10.7. The second-order valence-corrected chi connectivity index (χ2v) is 3.91. The van der Waals surface area contributed by atoms with Crippen LogP contribution in [-0.2, 0) is 16.0 Å². The summed E-state index contributed by atoms with van der Waals surface area (Å²) in [5.41, 5.74) is 6.25. The Balaban J connectivity index is 2.06. The molecule has 1 heterocycles. The van der Waals surface area contributed by atoms with E-state index in [1.807, 2.05) is 6.92 Å². The normalized spacial score (nSPS) is 18.7. The third kappa shape index (κ3) is 2.72. The van der Waals surface area contributed by atoms with Crippen LogP contribution < -0.4 is 15.2 Å². The topological polar surface area (TPSA) is 91.0 Å². The fraction of sp³-hybridized carbons (Fsp3) is 0.417. The van der Waals surface area contributed by atoms with Gasteiger partial charge in [-0.3, -0.25) is 4.79 Å². The van der Waals surface area contributed by atoms with E-state index in [-0.39, 0.29) is 6.42 Å². The molecule has 0 aromatic heterocycles. The van der Waals surface area contributed by atoms with Crippen molar-refractivity contribution in [2.45, 2.75) is 25.9 Å². The summed E-state index contributed by atoms with van der Waals surface area (Å²) < 4.78 is 15.9. The summed E-state index contributed by atoms with van der Waals surface area (Å²) in [6, 6.07) is 4.28. The average molecular weight is 253 g/mol. The third-order valence-corrected chi connectivity index (χ3v) is 2.53. The van der Waals surface area contributed by atoms with Crippen LogP contribution in [0.3, 0.4) is 0 Å². The molecular weight excluding hydrogens is 238 g/mol. The van der Waals surface area contributed by atoms with Gasteiger partial charge in [0, 0.05) is 0 Å². The Kier molecular flexibility index (Phi) is 3.69. The fourth-order valence-corrected chi connectivity index (χ4v) is 1.65.